The van der Waals surface area contributed by atoms with Gasteiger partial charge >= 0.3 is 6.18 Å². The van der Waals surface area contributed by atoms with Crippen LogP contribution in [0.15, 0.2) is 12.4 Å². The zero-order valence-corrected chi connectivity index (χ0v) is 14.7. The van der Waals surface area contributed by atoms with Crippen molar-refractivity contribution in [3.8, 4) is 0 Å². The standard InChI is InChI=1S/C17H24F3N5O/c1-11(21)6-12-9-25(10-12)15(26)13-2-4-24(5-3-13)16-22-7-14(8-23-16)17(18,19)20/h7-8,11-13H,2-6,9-10,21H2,1H3. The second kappa shape index (κ2) is 7.38. The fourth-order valence-electron chi connectivity index (χ4n) is 3.64. The summed E-state index contributed by atoms with van der Waals surface area (Å²) in [5.41, 5.74) is 4.93. The van der Waals surface area contributed by atoms with Crippen molar-refractivity contribution >= 4 is 11.9 Å². The number of likely N-dealkylation sites (tertiary alicyclic amines) is 1. The third-order valence-electron chi connectivity index (χ3n) is 5.07. The summed E-state index contributed by atoms with van der Waals surface area (Å²) < 4.78 is 37.7. The number of hydrogen-bond acceptors (Lipinski definition) is 5. The van der Waals surface area contributed by atoms with Crippen LogP contribution in [0.2, 0.25) is 0 Å². The number of piperidine rings is 1. The van der Waals surface area contributed by atoms with E-state index in [-0.39, 0.29) is 23.8 Å². The minimum Gasteiger partial charge on any atom is -0.342 e. The molecule has 0 spiro atoms. The molecule has 2 N–H and O–H groups in total. The Morgan fingerprint density at radius 1 is 1.27 bits per heavy atom. The van der Waals surface area contributed by atoms with Gasteiger partial charge in [0, 0.05) is 50.5 Å². The Balaban J connectivity index is 1.48. The molecule has 2 saturated heterocycles. The zero-order valence-electron chi connectivity index (χ0n) is 14.7. The van der Waals surface area contributed by atoms with E-state index < -0.39 is 11.7 Å². The summed E-state index contributed by atoms with van der Waals surface area (Å²) in [6.45, 7) is 4.67. The summed E-state index contributed by atoms with van der Waals surface area (Å²) >= 11 is 0. The first-order valence-electron chi connectivity index (χ1n) is 8.92. The molecule has 2 fully saturated rings. The number of anilines is 1. The zero-order chi connectivity index (χ0) is 18.9. The SMILES string of the molecule is CC(N)CC1CN(C(=O)C2CCN(c3ncc(C(F)(F)F)cn3)CC2)C1. The number of rotatable bonds is 4. The predicted molar refractivity (Wildman–Crippen MR) is 90.3 cm³/mol. The minimum absolute atomic E-state index is 0.0306. The highest BCUT2D eigenvalue weighted by Crippen LogP contribution is 2.30. The van der Waals surface area contributed by atoms with Gasteiger partial charge in [-0.25, -0.2) is 9.97 Å². The number of aromatic nitrogens is 2. The van der Waals surface area contributed by atoms with Gasteiger partial charge in [0.05, 0.1) is 5.56 Å². The molecule has 26 heavy (non-hydrogen) atoms. The number of carbonyl (C=O) groups is 1. The van der Waals surface area contributed by atoms with Gasteiger partial charge in [-0.3, -0.25) is 4.79 Å². The molecule has 0 radical (unpaired) electrons. The molecule has 144 valence electrons. The quantitative estimate of drug-likeness (QED) is 0.875. The molecule has 1 aromatic rings. The number of nitrogens with zero attached hydrogens (tertiary/aromatic N) is 4. The molecule has 3 rings (SSSR count). The molecule has 1 aromatic heterocycles. The fraction of sp³-hybridized carbons (Fsp3) is 0.706. The molecule has 1 atom stereocenters. The second-order valence-corrected chi connectivity index (χ2v) is 7.35. The molecule has 0 aromatic carbocycles. The lowest BCUT2D eigenvalue weighted by Gasteiger charge is -2.43. The molecule has 0 aliphatic carbocycles. The molecule has 6 nitrogen and oxygen atoms in total. The lowest BCUT2D eigenvalue weighted by atomic mass is 9.89. The Morgan fingerprint density at radius 3 is 2.35 bits per heavy atom. The molecule has 0 saturated carbocycles. The Hall–Kier alpha value is -1.90. The van der Waals surface area contributed by atoms with Gasteiger partial charge in [-0.2, -0.15) is 13.2 Å². The summed E-state index contributed by atoms with van der Waals surface area (Å²) in [5, 5.41) is 0. The highest BCUT2D eigenvalue weighted by molar-refractivity contribution is 5.80. The van der Waals surface area contributed by atoms with Crippen LogP contribution in [-0.4, -0.2) is 53.0 Å². The minimum atomic E-state index is -4.44. The molecule has 0 bridgehead atoms. The van der Waals surface area contributed by atoms with E-state index in [1.807, 2.05) is 16.7 Å². The van der Waals surface area contributed by atoms with Crippen LogP contribution in [0.4, 0.5) is 19.1 Å². The third-order valence-corrected chi connectivity index (χ3v) is 5.07. The van der Waals surface area contributed by atoms with E-state index in [2.05, 4.69) is 9.97 Å². The van der Waals surface area contributed by atoms with E-state index in [1.54, 1.807) is 0 Å². The summed E-state index contributed by atoms with van der Waals surface area (Å²) in [6.07, 6.45) is -0.562. The lowest BCUT2D eigenvalue weighted by molar-refractivity contribution is -0.143. The van der Waals surface area contributed by atoms with Crippen molar-refractivity contribution in [1.82, 2.24) is 14.9 Å². The van der Waals surface area contributed by atoms with Gasteiger partial charge in [0.1, 0.15) is 0 Å². The van der Waals surface area contributed by atoms with E-state index in [9.17, 15) is 18.0 Å². The Morgan fingerprint density at radius 2 is 1.85 bits per heavy atom. The number of carbonyl (C=O) groups excluding carboxylic acids is 1. The van der Waals surface area contributed by atoms with Gasteiger partial charge in [0.15, 0.2) is 0 Å². The fourth-order valence-corrected chi connectivity index (χ4v) is 3.64. The maximum absolute atomic E-state index is 12.6. The molecular weight excluding hydrogens is 347 g/mol. The average Bonchev–Trinajstić information content (AvgIpc) is 2.56. The van der Waals surface area contributed by atoms with Crippen molar-refractivity contribution in [2.75, 3.05) is 31.1 Å². The van der Waals surface area contributed by atoms with Gasteiger partial charge in [-0.05, 0) is 32.1 Å². The number of alkyl halides is 3. The second-order valence-electron chi connectivity index (χ2n) is 7.35. The van der Waals surface area contributed by atoms with Gasteiger partial charge in [-0.1, -0.05) is 0 Å². The van der Waals surface area contributed by atoms with E-state index in [0.717, 1.165) is 31.9 Å². The van der Waals surface area contributed by atoms with Crippen LogP contribution in [-0.2, 0) is 11.0 Å². The molecule has 9 heteroatoms. The molecular formula is C17H24F3N5O. The topological polar surface area (TPSA) is 75.3 Å². The monoisotopic (exact) mass is 371 g/mol. The highest BCUT2D eigenvalue weighted by Gasteiger charge is 2.36. The maximum atomic E-state index is 12.6. The smallest absolute Gasteiger partial charge is 0.342 e. The number of halogens is 3. The van der Waals surface area contributed by atoms with E-state index >= 15 is 0 Å². The van der Waals surface area contributed by atoms with Crippen LogP contribution in [0.25, 0.3) is 0 Å². The van der Waals surface area contributed by atoms with Crippen LogP contribution in [0, 0.1) is 11.8 Å². The Labute approximate surface area is 150 Å². The van der Waals surface area contributed by atoms with E-state index in [0.29, 0.717) is 31.8 Å². The van der Waals surface area contributed by atoms with Gasteiger partial charge in [0.2, 0.25) is 11.9 Å². The molecule has 2 aliphatic rings. The van der Waals surface area contributed by atoms with Crippen molar-refractivity contribution in [3.63, 3.8) is 0 Å². The largest absolute Gasteiger partial charge is 0.419 e. The van der Waals surface area contributed by atoms with E-state index in [1.165, 1.54) is 0 Å². The van der Waals surface area contributed by atoms with Crippen molar-refractivity contribution in [3.05, 3.63) is 18.0 Å². The normalized spacial score (nSPS) is 20.8. The summed E-state index contributed by atoms with van der Waals surface area (Å²) in [5.74, 6) is 0.931. The maximum Gasteiger partial charge on any atom is 0.419 e. The van der Waals surface area contributed by atoms with Gasteiger partial charge in [0.25, 0.3) is 0 Å². The summed E-state index contributed by atoms with van der Waals surface area (Å²) in [6, 6.07) is 0.157. The van der Waals surface area contributed by atoms with Crippen LogP contribution in [0.5, 0.6) is 0 Å². The van der Waals surface area contributed by atoms with Crippen molar-refractivity contribution in [1.29, 1.82) is 0 Å². The van der Waals surface area contributed by atoms with Crippen LogP contribution >= 0.6 is 0 Å². The summed E-state index contributed by atoms with van der Waals surface area (Å²) in [4.78, 5) is 23.9. The van der Waals surface area contributed by atoms with Crippen molar-refractivity contribution in [2.45, 2.75) is 38.4 Å². The molecule has 2 aliphatic heterocycles. The predicted octanol–water partition coefficient (Wildman–Crippen LogP) is 1.91. The molecule has 3 heterocycles. The molecule has 1 unspecified atom stereocenters. The van der Waals surface area contributed by atoms with Crippen molar-refractivity contribution in [2.24, 2.45) is 17.6 Å². The van der Waals surface area contributed by atoms with Gasteiger partial charge in [-0.15, -0.1) is 0 Å². The highest BCUT2D eigenvalue weighted by atomic mass is 19.4. The number of nitrogens with two attached hydrogens (primary N) is 1. The van der Waals surface area contributed by atoms with Crippen molar-refractivity contribution < 1.29 is 18.0 Å². The first-order valence-corrected chi connectivity index (χ1v) is 8.92. The first kappa shape index (κ1) is 18.9. The average molecular weight is 371 g/mol. The Bertz CT molecular complexity index is 620. The van der Waals surface area contributed by atoms with Crippen LogP contribution in [0.1, 0.15) is 31.7 Å². The number of amides is 1. The van der Waals surface area contributed by atoms with Gasteiger partial charge < -0.3 is 15.5 Å². The Kier molecular flexibility index (Phi) is 5.36. The third kappa shape index (κ3) is 4.25. The first-order chi connectivity index (χ1) is 12.2. The molecule has 1 amide bonds. The summed E-state index contributed by atoms with van der Waals surface area (Å²) in [7, 11) is 0. The van der Waals surface area contributed by atoms with Crippen LogP contribution in [0.3, 0.4) is 0 Å². The number of hydrogen-bond donors (Lipinski definition) is 1. The van der Waals surface area contributed by atoms with Crippen LogP contribution < -0.4 is 10.6 Å². The van der Waals surface area contributed by atoms with E-state index in [4.69, 9.17) is 5.73 Å². The lowest BCUT2D eigenvalue weighted by Crippen LogP contribution is -2.54.